The lowest BCUT2D eigenvalue weighted by Gasteiger charge is -2.18. The minimum absolute atomic E-state index is 0.342. The molecule has 0 spiro atoms. The van der Waals surface area contributed by atoms with Crippen molar-refractivity contribution in [2.75, 3.05) is 0 Å². The molecule has 5 heteroatoms. The maximum absolute atomic E-state index is 13.6. The molecule has 0 heterocycles. The molecule has 0 radical (unpaired) electrons. The van der Waals surface area contributed by atoms with Crippen LogP contribution < -0.4 is 11.3 Å². The zero-order chi connectivity index (χ0) is 14.0. The van der Waals surface area contributed by atoms with Gasteiger partial charge in [0.1, 0.15) is 11.6 Å². The van der Waals surface area contributed by atoms with Crippen molar-refractivity contribution in [2.24, 2.45) is 5.84 Å². The summed E-state index contributed by atoms with van der Waals surface area (Å²) < 4.78 is 26.9. The van der Waals surface area contributed by atoms with Gasteiger partial charge < -0.3 is 0 Å². The molecule has 100 valence electrons. The Morgan fingerprint density at radius 3 is 2.53 bits per heavy atom. The van der Waals surface area contributed by atoms with Crippen LogP contribution in [-0.2, 0) is 0 Å². The van der Waals surface area contributed by atoms with Crippen molar-refractivity contribution >= 4 is 11.6 Å². The molecule has 2 nitrogen and oxygen atoms in total. The fourth-order valence-electron chi connectivity index (χ4n) is 1.89. The highest BCUT2D eigenvalue weighted by atomic mass is 35.5. The average Bonchev–Trinajstić information content (AvgIpc) is 2.38. The van der Waals surface area contributed by atoms with Crippen molar-refractivity contribution in [3.8, 4) is 0 Å². The molecule has 0 bridgehead atoms. The molecule has 3 N–H and O–H groups in total. The van der Waals surface area contributed by atoms with Crippen molar-refractivity contribution < 1.29 is 8.78 Å². The van der Waals surface area contributed by atoms with Crippen molar-refractivity contribution in [1.82, 2.24) is 5.43 Å². The molecule has 2 rings (SSSR count). The summed E-state index contributed by atoms with van der Waals surface area (Å²) in [6.45, 7) is 1.67. The fourth-order valence-corrected chi connectivity index (χ4v) is 2.12. The van der Waals surface area contributed by atoms with Crippen molar-refractivity contribution in [1.29, 1.82) is 0 Å². The molecule has 0 aliphatic heterocycles. The Kier molecular flexibility index (Phi) is 4.14. The lowest BCUT2D eigenvalue weighted by atomic mass is 9.98. The highest BCUT2D eigenvalue weighted by Gasteiger charge is 2.17. The molecule has 19 heavy (non-hydrogen) atoms. The molecule has 0 aliphatic rings. The number of hydrogen-bond donors (Lipinski definition) is 2. The van der Waals surface area contributed by atoms with Crippen LogP contribution in [0.5, 0.6) is 0 Å². The molecule has 1 unspecified atom stereocenters. The van der Waals surface area contributed by atoms with Crippen LogP contribution in [0, 0.1) is 18.6 Å². The number of nitrogens with two attached hydrogens (primary N) is 1. The molecule has 2 aromatic rings. The number of rotatable bonds is 3. The number of benzene rings is 2. The second-order valence-electron chi connectivity index (χ2n) is 4.27. The number of halogens is 3. The van der Waals surface area contributed by atoms with Crippen LogP contribution in [0.3, 0.4) is 0 Å². The van der Waals surface area contributed by atoms with Gasteiger partial charge in [0.2, 0.25) is 0 Å². The molecule has 2 aromatic carbocycles. The lowest BCUT2D eigenvalue weighted by Crippen LogP contribution is -2.29. The zero-order valence-corrected chi connectivity index (χ0v) is 11.0. The first-order chi connectivity index (χ1) is 9.02. The van der Waals surface area contributed by atoms with E-state index in [0.29, 0.717) is 21.7 Å². The van der Waals surface area contributed by atoms with E-state index in [0.717, 1.165) is 0 Å². The molecule has 0 saturated carbocycles. The Morgan fingerprint density at radius 1 is 1.16 bits per heavy atom. The smallest absolute Gasteiger partial charge is 0.126 e. The van der Waals surface area contributed by atoms with Crippen LogP contribution in [0.4, 0.5) is 8.78 Å². The van der Waals surface area contributed by atoms with Gasteiger partial charge >= 0.3 is 0 Å². The standard InChI is InChI=1S/C14H13ClF2N2/c1-8-2-3-9(6-13(8)17)14(19-18)11-7-10(16)4-5-12(11)15/h2-7,14,19H,18H2,1H3. The summed E-state index contributed by atoms with van der Waals surface area (Å²) in [5.41, 5.74) is 4.11. The Morgan fingerprint density at radius 2 is 1.89 bits per heavy atom. The maximum atomic E-state index is 13.6. The summed E-state index contributed by atoms with van der Waals surface area (Å²) in [6, 6.07) is 8.15. The van der Waals surface area contributed by atoms with Crippen molar-refractivity contribution in [3.05, 3.63) is 69.7 Å². The third-order valence-electron chi connectivity index (χ3n) is 2.96. The largest absolute Gasteiger partial charge is 0.271 e. The fraction of sp³-hybridized carbons (Fsp3) is 0.143. The first-order valence-electron chi connectivity index (χ1n) is 5.70. The quantitative estimate of drug-likeness (QED) is 0.668. The highest BCUT2D eigenvalue weighted by Crippen LogP contribution is 2.29. The minimum atomic E-state index is -0.571. The Balaban J connectivity index is 2.49. The number of aryl methyl sites for hydroxylation is 1. The first-order valence-corrected chi connectivity index (χ1v) is 6.08. The van der Waals surface area contributed by atoms with Gasteiger partial charge in [0.25, 0.3) is 0 Å². The monoisotopic (exact) mass is 282 g/mol. The summed E-state index contributed by atoms with van der Waals surface area (Å²) >= 11 is 6.03. The average molecular weight is 283 g/mol. The molecule has 1 atom stereocenters. The second-order valence-corrected chi connectivity index (χ2v) is 4.68. The van der Waals surface area contributed by atoms with Crippen molar-refractivity contribution in [2.45, 2.75) is 13.0 Å². The third kappa shape index (κ3) is 2.92. The van der Waals surface area contributed by atoms with Gasteiger partial charge in [-0.2, -0.15) is 0 Å². The SMILES string of the molecule is Cc1ccc(C(NN)c2cc(F)ccc2Cl)cc1F. The van der Waals surface area contributed by atoms with E-state index in [1.54, 1.807) is 19.1 Å². The van der Waals surface area contributed by atoms with Crippen LogP contribution in [0.25, 0.3) is 0 Å². The lowest BCUT2D eigenvalue weighted by molar-refractivity contribution is 0.591. The van der Waals surface area contributed by atoms with E-state index < -0.39 is 11.9 Å². The Labute approximate surface area is 115 Å². The Hall–Kier alpha value is -1.49. The molecular formula is C14H13ClF2N2. The topological polar surface area (TPSA) is 38.0 Å². The summed E-state index contributed by atoms with van der Waals surface area (Å²) in [6.07, 6.45) is 0. The predicted octanol–water partition coefficient (Wildman–Crippen LogP) is 3.48. The van der Waals surface area contributed by atoms with Crippen LogP contribution in [-0.4, -0.2) is 0 Å². The van der Waals surface area contributed by atoms with Gasteiger partial charge in [-0.15, -0.1) is 0 Å². The zero-order valence-electron chi connectivity index (χ0n) is 10.3. The summed E-state index contributed by atoms with van der Waals surface area (Å²) in [7, 11) is 0. The van der Waals surface area contributed by atoms with Gasteiger partial charge in [-0.05, 0) is 47.9 Å². The van der Waals surface area contributed by atoms with E-state index in [1.165, 1.54) is 24.3 Å². The minimum Gasteiger partial charge on any atom is -0.271 e. The summed E-state index contributed by atoms with van der Waals surface area (Å²) in [5.74, 6) is 4.72. The number of nitrogens with one attached hydrogen (secondary N) is 1. The van der Waals surface area contributed by atoms with Crippen LogP contribution >= 0.6 is 11.6 Å². The summed E-state index contributed by atoms with van der Waals surface area (Å²) in [4.78, 5) is 0. The van der Waals surface area contributed by atoms with Gasteiger partial charge in [-0.25, -0.2) is 14.2 Å². The van der Waals surface area contributed by atoms with Gasteiger partial charge in [-0.3, -0.25) is 5.84 Å². The van der Waals surface area contributed by atoms with Gasteiger partial charge in [0.05, 0.1) is 6.04 Å². The Bertz CT molecular complexity index is 602. The molecule has 0 aliphatic carbocycles. The van der Waals surface area contributed by atoms with E-state index >= 15 is 0 Å². The molecule has 0 aromatic heterocycles. The first kappa shape index (κ1) is 13.9. The molecule has 0 amide bonds. The second kappa shape index (κ2) is 5.65. The van der Waals surface area contributed by atoms with E-state index in [9.17, 15) is 8.78 Å². The normalized spacial score (nSPS) is 12.5. The molecule has 0 saturated heterocycles. The highest BCUT2D eigenvalue weighted by molar-refractivity contribution is 6.31. The third-order valence-corrected chi connectivity index (χ3v) is 3.31. The van der Waals surface area contributed by atoms with E-state index in [-0.39, 0.29) is 5.82 Å². The van der Waals surface area contributed by atoms with Gasteiger partial charge in [-0.1, -0.05) is 23.7 Å². The molecule has 0 fully saturated rings. The van der Waals surface area contributed by atoms with Crippen LogP contribution in [0.2, 0.25) is 5.02 Å². The van der Waals surface area contributed by atoms with E-state index in [2.05, 4.69) is 5.43 Å². The maximum Gasteiger partial charge on any atom is 0.126 e. The molecular weight excluding hydrogens is 270 g/mol. The van der Waals surface area contributed by atoms with Crippen molar-refractivity contribution in [3.63, 3.8) is 0 Å². The summed E-state index contributed by atoms with van der Waals surface area (Å²) in [5, 5.41) is 0.366. The van der Waals surface area contributed by atoms with E-state index in [4.69, 9.17) is 17.4 Å². The van der Waals surface area contributed by atoms with Gasteiger partial charge in [0.15, 0.2) is 0 Å². The number of hydrogen-bond acceptors (Lipinski definition) is 2. The van der Waals surface area contributed by atoms with Gasteiger partial charge in [0, 0.05) is 5.02 Å². The predicted molar refractivity (Wildman–Crippen MR) is 71.7 cm³/mol. The van der Waals surface area contributed by atoms with E-state index in [1.807, 2.05) is 0 Å². The van der Waals surface area contributed by atoms with Crippen LogP contribution in [0.15, 0.2) is 36.4 Å². The number of hydrazine groups is 1. The van der Waals surface area contributed by atoms with Crippen LogP contribution in [0.1, 0.15) is 22.7 Å².